The second kappa shape index (κ2) is 9.26. The summed E-state index contributed by atoms with van der Waals surface area (Å²) in [6, 6.07) is 12.7. The van der Waals surface area contributed by atoms with E-state index in [0.717, 1.165) is 6.07 Å². The van der Waals surface area contributed by atoms with Crippen LogP contribution in [0.25, 0.3) is 0 Å². The number of non-ortho nitro benzene ring substituents is 1. The zero-order chi connectivity index (χ0) is 20.7. The Kier molecular flexibility index (Phi) is 6.80. The first-order valence-electron chi connectivity index (χ1n) is 8.39. The second-order valence-electron chi connectivity index (χ2n) is 5.94. The lowest BCUT2D eigenvalue weighted by Gasteiger charge is -2.17. The molecule has 2 amide bonds. The zero-order valence-electron chi connectivity index (χ0n) is 15.2. The number of carbonyl (C=O) groups excluding carboxylic acids is 3. The van der Waals surface area contributed by atoms with Gasteiger partial charge in [-0.25, -0.2) is 4.79 Å². The largest absolute Gasteiger partial charge is 0.451 e. The first kappa shape index (κ1) is 20.6. The summed E-state index contributed by atoms with van der Waals surface area (Å²) in [5, 5.41) is 15.8. The molecule has 2 N–H and O–H groups in total. The van der Waals surface area contributed by atoms with E-state index < -0.39 is 34.9 Å². The van der Waals surface area contributed by atoms with Crippen molar-refractivity contribution in [2.75, 3.05) is 5.32 Å². The highest BCUT2D eigenvalue weighted by molar-refractivity contribution is 5.98. The molecule has 2 rings (SSSR count). The summed E-state index contributed by atoms with van der Waals surface area (Å²) in [6.07, 6.45) is -1.08. The minimum Gasteiger partial charge on any atom is -0.451 e. The molecule has 0 unspecified atom stereocenters. The molecule has 146 valence electrons. The monoisotopic (exact) mass is 385 g/mol. The Morgan fingerprint density at radius 3 is 2.36 bits per heavy atom. The second-order valence-corrected chi connectivity index (χ2v) is 5.94. The smallest absolute Gasteiger partial charge is 0.329 e. The van der Waals surface area contributed by atoms with Crippen LogP contribution in [0.15, 0.2) is 54.6 Å². The summed E-state index contributed by atoms with van der Waals surface area (Å²) in [7, 11) is 0. The van der Waals surface area contributed by atoms with Gasteiger partial charge in [-0.05, 0) is 32.0 Å². The maximum absolute atomic E-state index is 12.2. The molecule has 9 nitrogen and oxygen atoms in total. The summed E-state index contributed by atoms with van der Waals surface area (Å²) < 4.78 is 5.07. The molecule has 28 heavy (non-hydrogen) atoms. The maximum Gasteiger partial charge on any atom is 0.329 e. The number of nitro groups is 1. The summed E-state index contributed by atoms with van der Waals surface area (Å²) in [6.45, 7) is 2.80. The van der Waals surface area contributed by atoms with E-state index in [4.69, 9.17) is 4.74 Å². The molecule has 0 bridgehead atoms. The van der Waals surface area contributed by atoms with Crippen molar-refractivity contribution in [2.45, 2.75) is 26.0 Å². The topological polar surface area (TPSA) is 128 Å². The van der Waals surface area contributed by atoms with Crippen molar-refractivity contribution in [3.05, 3.63) is 70.3 Å². The van der Waals surface area contributed by atoms with Gasteiger partial charge < -0.3 is 15.4 Å². The van der Waals surface area contributed by atoms with Gasteiger partial charge in [0.1, 0.15) is 6.04 Å². The molecule has 0 saturated heterocycles. The van der Waals surface area contributed by atoms with E-state index in [1.54, 1.807) is 30.3 Å². The molecule has 2 atom stereocenters. The van der Waals surface area contributed by atoms with Gasteiger partial charge in [0.2, 0.25) is 0 Å². The lowest BCUT2D eigenvalue weighted by atomic mass is 10.2. The first-order valence-corrected chi connectivity index (χ1v) is 8.39. The predicted octanol–water partition coefficient (Wildman–Crippen LogP) is 2.28. The molecule has 0 radical (unpaired) electrons. The molecule has 2 aromatic carbocycles. The van der Waals surface area contributed by atoms with E-state index in [-0.39, 0.29) is 11.3 Å². The number of benzene rings is 2. The number of nitrogens with one attached hydrogen (secondary N) is 2. The molecule has 0 aliphatic heterocycles. The zero-order valence-corrected chi connectivity index (χ0v) is 15.2. The molecule has 0 heterocycles. The normalized spacial score (nSPS) is 12.4. The minimum absolute atomic E-state index is 0.0312. The number of hydrogen-bond donors (Lipinski definition) is 2. The van der Waals surface area contributed by atoms with Crippen LogP contribution in [0.1, 0.15) is 24.2 Å². The van der Waals surface area contributed by atoms with E-state index in [0.29, 0.717) is 5.69 Å². The van der Waals surface area contributed by atoms with Gasteiger partial charge in [0.15, 0.2) is 6.10 Å². The van der Waals surface area contributed by atoms with Crippen molar-refractivity contribution in [2.24, 2.45) is 0 Å². The fourth-order valence-corrected chi connectivity index (χ4v) is 2.19. The molecular formula is C19H19N3O6. The molecule has 0 aromatic heterocycles. The van der Waals surface area contributed by atoms with Gasteiger partial charge in [-0.1, -0.05) is 24.3 Å². The summed E-state index contributed by atoms with van der Waals surface area (Å²) in [5.74, 6) is -2.00. The van der Waals surface area contributed by atoms with Crippen molar-refractivity contribution in [3.8, 4) is 0 Å². The van der Waals surface area contributed by atoms with Crippen molar-refractivity contribution < 1.29 is 24.0 Å². The van der Waals surface area contributed by atoms with Crippen molar-refractivity contribution >= 4 is 29.2 Å². The van der Waals surface area contributed by atoms with Gasteiger partial charge in [0, 0.05) is 23.4 Å². The average Bonchev–Trinajstić information content (AvgIpc) is 2.68. The number of ether oxygens (including phenoxy) is 1. The van der Waals surface area contributed by atoms with Crippen molar-refractivity contribution in [1.29, 1.82) is 0 Å². The van der Waals surface area contributed by atoms with Gasteiger partial charge >= 0.3 is 5.97 Å². The first-order chi connectivity index (χ1) is 13.3. The fourth-order valence-electron chi connectivity index (χ4n) is 2.19. The third kappa shape index (κ3) is 5.63. The minimum atomic E-state index is -1.08. The van der Waals surface area contributed by atoms with Crippen LogP contribution in [0.2, 0.25) is 0 Å². The van der Waals surface area contributed by atoms with E-state index >= 15 is 0 Å². The summed E-state index contributed by atoms with van der Waals surface area (Å²) in [4.78, 5) is 46.5. The van der Waals surface area contributed by atoms with Crippen LogP contribution in [0.3, 0.4) is 0 Å². The summed E-state index contributed by atoms with van der Waals surface area (Å²) >= 11 is 0. The van der Waals surface area contributed by atoms with Crippen LogP contribution in [-0.2, 0) is 14.3 Å². The quantitative estimate of drug-likeness (QED) is 0.428. The van der Waals surface area contributed by atoms with E-state index in [9.17, 15) is 24.5 Å². The van der Waals surface area contributed by atoms with Gasteiger partial charge in [0.25, 0.3) is 17.5 Å². The van der Waals surface area contributed by atoms with Crippen LogP contribution in [0.4, 0.5) is 11.4 Å². The number of carbonyl (C=O) groups is 3. The summed E-state index contributed by atoms with van der Waals surface area (Å²) in [5.41, 5.74) is 0.347. The molecule has 0 spiro atoms. The van der Waals surface area contributed by atoms with Crippen molar-refractivity contribution in [1.82, 2.24) is 5.32 Å². The average molecular weight is 385 g/mol. The standard InChI is InChI=1S/C19H19N3O6/c1-12(20-18(24)14-7-6-10-16(11-14)22(26)27)19(25)28-13(2)17(23)21-15-8-4-3-5-9-15/h3-13H,1-2H3,(H,20,24)(H,21,23)/t12-,13-/m0/s1. The Balaban J connectivity index is 1.91. The molecular weight excluding hydrogens is 366 g/mol. The van der Waals surface area contributed by atoms with Crippen molar-refractivity contribution in [3.63, 3.8) is 0 Å². The van der Waals surface area contributed by atoms with Gasteiger partial charge in [-0.3, -0.25) is 19.7 Å². The van der Waals surface area contributed by atoms with Crippen LogP contribution in [0, 0.1) is 10.1 Å². The Labute approximate surface area is 160 Å². The number of hydrogen-bond acceptors (Lipinski definition) is 6. The lowest BCUT2D eigenvalue weighted by molar-refractivity contribution is -0.384. The number of nitro benzene ring substituents is 1. The molecule has 9 heteroatoms. The Bertz CT molecular complexity index is 884. The lowest BCUT2D eigenvalue weighted by Crippen LogP contribution is -2.42. The molecule has 0 saturated carbocycles. The number of esters is 1. The third-order valence-corrected chi connectivity index (χ3v) is 3.72. The fraction of sp³-hybridized carbons (Fsp3) is 0.211. The van der Waals surface area contributed by atoms with E-state index in [1.807, 2.05) is 0 Å². The molecule has 0 fully saturated rings. The van der Waals surface area contributed by atoms with E-state index in [1.165, 1.54) is 32.0 Å². The van der Waals surface area contributed by atoms with Gasteiger partial charge in [-0.2, -0.15) is 0 Å². The molecule has 2 aromatic rings. The van der Waals surface area contributed by atoms with Crippen LogP contribution < -0.4 is 10.6 Å². The SMILES string of the molecule is C[C@H](NC(=O)c1cccc([N+](=O)[O-])c1)C(=O)O[C@@H](C)C(=O)Nc1ccccc1. The third-order valence-electron chi connectivity index (χ3n) is 3.72. The van der Waals surface area contributed by atoms with Gasteiger partial charge in [-0.15, -0.1) is 0 Å². The Morgan fingerprint density at radius 2 is 1.71 bits per heavy atom. The number of nitrogens with zero attached hydrogens (tertiary/aromatic N) is 1. The highest BCUT2D eigenvalue weighted by Crippen LogP contribution is 2.13. The highest BCUT2D eigenvalue weighted by Gasteiger charge is 2.24. The molecule has 0 aliphatic rings. The van der Waals surface area contributed by atoms with Crippen LogP contribution >= 0.6 is 0 Å². The number of amides is 2. The number of anilines is 1. The predicted molar refractivity (Wildman–Crippen MR) is 101 cm³/mol. The van der Waals surface area contributed by atoms with Crippen LogP contribution in [-0.4, -0.2) is 34.9 Å². The number of para-hydroxylation sites is 1. The number of rotatable bonds is 7. The van der Waals surface area contributed by atoms with E-state index in [2.05, 4.69) is 10.6 Å². The Morgan fingerprint density at radius 1 is 1.04 bits per heavy atom. The highest BCUT2D eigenvalue weighted by atomic mass is 16.6. The maximum atomic E-state index is 12.2. The van der Waals surface area contributed by atoms with Gasteiger partial charge in [0.05, 0.1) is 4.92 Å². The Hall–Kier alpha value is -3.75. The van der Waals surface area contributed by atoms with Crippen LogP contribution in [0.5, 0.6) is 0 Å². The molecule has 0 aliphatic carbocycles.